The van der Waals surface area contributed by atoms with Crippen LogP contribution in [0, 0.1) is 0 Å². The number of tetrazole rings is 1. The molecule has 0 bridgehead atoms. The molecule has 0 spiro atoms. The third-order valence-corrected chi connectivity index (χ3v) is 2.67. The molecule has 8 heteroatoms. The Morgan fingerprint density at radius 2 is 2.20 bits per heavy atom. The van der Waals surface area contributed by atoms with E-state index in [9.17, 15) is 4.79 Å². The Kier molecular flexibility index (Phi) is 4.14. The molecule has 0 saturated heterocycles. The Morgan fingerprint density at radius 1 is 1.45 bits per heavy atom. The molecule has 1 N–H and O–H groups in total. The van der Waals surface area contributed by atoms with Crippen molar-refractivity contribution < 1.29 is 9.53 Å². The number of amides is 2. The van der Waals surface area contributed by atoms with Gasteiger partial charge in [-0.05, 0) is 11.3 Å². The van der Waals surface area contributed by atoms with Crippen LogP contribution in [0.5, 0.6) is 5.75 Å². The number of methoxy groups -OCH3 is 1. The number of hydrogen-bond acceptors (Lipinski definition) is 5. The summed E-state index contributed by atoms with van der Waals surface area (Å²) in [4.78, 5) is 14.8. The van der Waals surface area contributed by atoms with E-state index < -0.39 is 0 Å². The first-order valence-corrected chi connectivity index (χ1v) is 5.98. The lowest BCUT2D eigenvalue weighted by Gasteiger charge is -2.18. The first kappa shape index (κ1) is 13.8. The fourth-order valence-corrected chi connectivity index (χ4v) is 1.69. The van der Waals surface area contributed by atoms with Crippen LogP contribution in [0.2, 0.25) is 0 Å². The predicted octanol–water partition coefficient (Wildman–Crippen LogP) is 0.883. The number of para-hydroxylation sites is 1. The Balaban J connectivity index is 2.00. The normalized spacial score (nSPS) is 10.2. The van der Waals surface area contributed by atoms with Gasteiger partial charge in [-0.2, -0.15) is 4.80 Å². The summed E-state index contributed by atoms with van der Waals surface area (Å²) in [6.45, 7) is 0.413. The number of carbonyl (C=O) groups is 1. The van der Waals surface area contributed by atoms with Gasteiger partial charge in [-0.15, -0.1) is 5.10 Å². The number of nitrogens with one attached hydrogen (secondary N) is 1. The van der Waals surface area contributed by atoms with Crippen LogP contribution in [0.4, 0.5) is 10.7 Å². The van der Waals surface area contributed by atoms with Gasteiger partial charge in [0.1, 0.15) is 5.75 Å². The average molecular weight is 276 g/mol. The summed E-state index contributed by atoms with van der Waals surface area (Å²) in [5.41, 5.74) is 0.916. The molecule has 1 aromatic heterocycles. The third kappa shape index (κ3) is 3.22. The number of urea groups is 1. The number of aromatic nitrogens is 4. The van der Waals surface area contributed by atoms with Crippen molar-refractivity contribution in [2.75, 3.05) is 19.5 Å². The van der Waals surface area contributed by atoms with Crippen LogP contribution in [0.15, 0.2) is 24.3 Å². The van der Waals surface area contributed by atoms with Crippen LogP contribution in [-0.2, 0) is 13.6 Å². The van der Waals surface area contributed by atoms with Gasteiger partial charge >= 0.3 is 6.03 Å². The van der Waals surface area contributed by atoms with Crippen molar-refractivity contribution in [3.05, 3.63) is 29.8 Å². The summed E-state index contributed by atoms with van der Waals surface area (Å²) in [5.74, 6) is 0.911. The summed E-state index contributed by atoms with van der Waals surface area (Å²) < 4.78 is 5.25. The monoisotopic (exact) mass is 276 g/mol. The van der Waals surface area contributed by atoms with Crippen LogP contribution in [0.3, 0.4) is 0 Å². The molecule has 0 saturated carbocycles. The second kappa shape index (κ2) is 6.00. The van der Waals surface area contributed by atoms with Gasteiger partial charge in [-0.25, -0.2) is 4.79 Å². The van der Waals surface area contributed by atoms with E-state index in [1.807, 2.05) is 24.3 Å². The zero-order valence-electron chi connectivity index (χ0n) is 11.6. The molecule has 1 heterocycles. The van der Waals surface area contributed by atoms with Gasteiger partial charge in [0.05, 0.1) is 20.7 Å². The number of ether oxygens (including phenoxy) is 1. The molecule has 2 aromatic rings. The highest BCUT2D eigenvalue weighted by molar-refractivity contribution is 5.87. The van der Waals surface area contributed by atoms with Crippen molar-refractivity contribution >= 4 is 12.0 Å². The maximum Gasteiger partial charge on any atom is 0.324 e. The Hall–Kier alpha value is -2.64. The van der Waals surface area contributed by atoms with Crippen molar-refractivity contribution in [3.63, 3.8) is 0 Å². The topological polar surface area (TPSA) is 85.2 Å². The lowest BCUT2D eigenvalue weighted by Crippen LogP contribution is -2.31. The molecule has 0 fully saturated rings. The minimum Gasteiger partial charge on any atom is -0.496 e. The number of benzene rings is 1. The maximum atomic E-state index is 12.0. The van der Waals surface area contributed by atoms with Gasteiger partial charge < -0.3 is 9.64 Å². The number of anilines is 1. The van der Waals surface area contributed by atoms with Crippen molar-refractivity contribution in [1.29, 1.82) is 0 Å². The first-order valence-electron chi connectivity index (χ1n) is 5.98. The van der Waals surface area contributed by atoms with E-state index in [0.717, 1.165) is 11.3 Å². The van der Waals surface area contributed by atoms with Gasteiger partial charge in [-0.1, -0.05) is 23.3 Å². The summed E-state index contributed by atoms with van der Waals surface area (Å²) in [7, 11) is 4.90. The first-order chi connectivity index (χ1) is 9.60. The molecule has 20 heavy (non-hydrogen) atoms. The van der Waals surface area contributed by atoms with Gasteiger partial charge in [0.25, 0.3) is 5.95 Å². The predicted molar refractivity (Wildman–Crippen MR) is 72.3 cm³/mol. The molecule has 0 aliphatic rings. The van der Waals surface area contributed by atoms with E-state index in [-0.39, 0.29) is 12.0 Å². The summed E-state index contributed by atoms with van der Waals surface area (Å²) in [5, 5.41) is 13.8. The van der Waals surface area contributed by atoms with Crippen LogP contribution in [0.1, 0.15) is 5.56 Å². The highest BCUT2D eigenvalue weighted by Crippen LogP contribution is 2.18. The van der Waals surface area contributed by atoms with Gasteiger partial charge in [-0.3, -0.25) is 5.32 Å². The van der Waals surface area contributed by atoms with E-state index in [1.165, 1.54) is 9.70 Å². The van der Waals surface area contributed by atoms with Crippen molar-refractivity contribution in [3.8, 4) is 5.75 Å². The van der Waals surface area contributed by atoms with E-state index in [2.05, 4.69) is 20.7 Å². The number of aryl methyl sites for hydroxylation is 1. The number of hydrogen-bond donors (Lipinski definition) is 1. The van der Waals surface area contributed by atoms with E-state index >= 15 is 0 Å². The van der Waals surface area contributed by atoms with Crippen LogP contribution in [0.25, 0.3) is 0 Å². The summed E-state index contributed by atoms with van der Waals surface area (Å²) in [6.07, 6.45) is 0. The molecule has 0 atom stereocenters. The molecule has 0 unspecified atom stereocenters. The van der Waals surface area contributed by atoms with Crippen LogP contribution < -0.4 is 10.1 Å². The van der Waals surface area contributed by atoms with E-state index in [1.54, 1.807) is 21.2 Å². The quantitative estimate of drug-likeness (QED) is 0.896. The zero-order chi connectivity index (χ0) is 14.5. The fraction of sp³-hybridized carbons (Fsp3) is 0.333. The summed E-state index contributed by atoms with van der Waals surface area (Å²) in [6, 6.07) is 7.22. The summed E-state index contributed by atoms with van der Waals surface area (Å²) >= 11 is 0. The van der Waals surface area contributed by atoms with Gasteiger partial charge in [0, 0.05) is 12.6 Å². The third-order valence-electron chi connectivity index (χ3n) is 2.67. The SMILES string of the molecule is COc1ccccc1CN(C)C(=O)Nc1nnn(C)n1. The number of rotatable bonds is 4. The highest BCUT2D eigenvalue weighted by atomic mass is 16.5. The standard InChI is InChI=1S/C12H16N6O2/c1-17(8-9-6-4-5-7-10(9)20-3)12(19)13-11-14-16-18(2)15-11/h4-7H,8H2,1-3H3,(H,13,15,19). The molecular formula is C12H16N6O2. The molecule has 0 radical (unpaired) electrons. The molecule has 2 rings (SSSR count). The van der Waals surface area contributed by atoms with Crippen molar-refractivity contribution in [1.82, 2.24) is 25.1 Å². The second-order valence-electron chi connectivity index (χ2n) is 4.20. The van der Waals surface area contributed by atoms with Crippen LogP contribution in [-0.4, -0.2) is 45.3 Å². The van der Waals surface area contributed by atoms with Gasteiger partial charge in [0.2, 0.25) is 0 Å². The minimum atomic E-state index is -0.316. The molecule has 2 amide bonds. The van der Waals surface area contributed by atoms with E-state index in [0.29, 0.717) is 6.54 Å². The maximum absolute atomic E-state index is 12.0. The molecule has 1 aromatic carbocycles. The molecular weight excluding hydrogens is 260 g/mol. The molecule has 0 aliphatic carbocycles. The van der Waals surface area contributed by atoms with E-state index in [4.69, 9.17) is 4.74 Å². The minimum absolute atomic E-state index is 0.171. The Labute approximate surface area is 116 Å². The smallest absolute Gasteiger partial charge is 0.324 e. The Bertz CT molecular complexity index is 597. The van der Waals surface area contributed by atoms with Crippen molar-refractivity contribution in [2.45, 2.75) is 6.54 Å². The largest absolute Gasteiger partial charge is 0.496 e. The number of carbonyl (C=O) groups excluding carboxylic acids is 1. The number of nitrogens with zero attached hydrogens (tertiary/aromatic N) is 5. The highest BCUT2D eigenvalue weighted by Gasteiger charge is 2.13. The zero-order valence-corrected chi connectivity index (χ0v) is 11.6. The lowest BCUT2D eigenvalue weighted by atomic mass is 10.2. The lowest BCUT2D eigenvalue weighted by molar-refractivity contribution is 0.220. The fourth-order valence-electron chi connectivity index (χ4n) is 1.69. The average Bonchev–Trinajstić information content (AvgIpc) is 2.84. The molecule has 0 aliphatic heterocycles. The van der Waals surface area contributed by atoms with Crippen molar-refractivity contribution in [2.24, 2.45) is 7.05 Å². The molecule has 106 valence electrons. The molecule has 8 nitrogen and oxygen atoms in total. The Morgan fingerprint density at radius 3 is 2.85 bits per heavy atom. The van der Waals surface area contributed by atoms with Crippen LogP contribution >= 0.6 is 0 Å². The second-order valence-corrected chi connectivity index (χ2v) is 4.20. The van der Waals surface area contributed by atoms with Gasteiger partial charge in [0.15, 0.2) is 0 Å².